The zero-order chi connectivity index (χ0) is 14.2. The molecule has 0 saturated heterocycles. The lowest BCUT2D eigenvalue weighted by Crippen LogP contribution is -2.26. The minimum absolute atomic E-state index is 0.713. The largest absolute Gasteiger partial charge is 0.382 e. The maximum absolute atomic E-state index is 5.46. The Hall–Kier alpha value is -0.380. The van der Waals surface area contributed by atoms with Crippen LogP contribution in [0.5, 0.6) is 0 Å². The highest BCUT2D eigenvalue weighted by Crippen LogP contribution is 2.21. The van der Waals surface area contributed by atoms with Gasteiger partial charge in [0, 0.05) is 23.7 Å². The van der Waals surface area contributed by atoms with Gasteiger partial charge in [0.05, 0.1) is 0 Å². The molecule has 2 nitrogen and oxygen atoms in total. The van der Waals surface area contributed by atoms with Crippen LogP contribution in [0.15, 0.2) is 28.7 Å². The third-order valence-electron chi connectivity index (χ3n) is 3.79. The zero-order valence-electron chi connectivity index (χ0n) is 12.4. The lowest BCUT2D eigenvalue weighted by Gasteiger charge is -2.18. The van der Waals surface area contributed by atoms with Crippen molar-refractivity contribution < 1.29 is 4.74 Å². The second kappa shape index (κ2) is 8.81. The summed E-state index contributed by atoms with van der Waals surface area (Å²) in [6.07, 6.45) is 6.29. The van der Waals surface area contributed by atoms with E-state index >= 15 is 0 Å². The molecule has 1 aliphatic rings. The Morgan fingerprint density at radius 2 is 2.25 bits per heavy atom. The fourth-order valence-electron chi connectivity index (χ4n) is 2.51. The number of benzene rings is 1. The first-order valence-corrected chi connectivity index (χ1v) is 8.62. The van der Waals surface area contributed by atoms with Crippen molar-refractivity contribution in [1.29, 1.82) is 0 Å². The molecule has 112 valence electrons. The van der Waals surface area contributed by atoms with Crippen LogP contribution in [0.1, 0.15) is 38.2 Å². The standard InChI is InChI=1S/C17H26BrNO/c1-2-20-10-4-6-15(13-19-17-8-9-17)11-14-5-3-7-16(18)12-14/h3,5,7,12,15,17,19H,2,4,6,8-11,13H2,1H3. The van der Waals surface area contributed by atoms with E-state index in [-0.39, 0.29) is 0 Å². The summed E-state index contributed by atoms with van der Waals surface area (Å²) in [7, 11) is 0. The molecular weight excluding hydrogens is 314 g/mol. The number of halogens is 1. The molecule has 1 atom stereocenters. The molecule has 0 spiro atoms. The van der Waals surface area contributed by atoms with Crippen LogP contribution < -0.4 is 5.32 Å². The van der Waals surface area contributed by atoms with Crippen molar-refractivity contribution in [2.75, 3.05) is 19.8 Å². The number of hydrogen-bond donors (Lipinski definition) is 1. The lowest BCUT2D eigenvalue weighted by atomic mass is 9.94. The van der Waals surface area contributed by atoms with Gasteiger partial charge in [0.25, 0.3) is 0 Å². The van der Waals surface area contributed by atoms with Crippen LogP contribution in [0.4, 0.5) is 0 Å². The van der Waals surface area contributed by atoms with Crippen LogP contribution in [0.3, 0.4) is 0 Å². The molecule has 2 rings (SSSR count). The quantitative estimate of drug-likeness (QED) is 0.645. The molecule has 20 heavy (non-hydrogen) atoms. The third-order valence-corrected chi connectivity index (χ3v) is 4.28. The smallest absolute Gasteiger partial charge is 0.0466 e. The summed E-state index contributed by atoms with van der Waals surface area (Å²) >= 11 is 3.56. The first-order chi connectivity index (χ1) is 9.78. The first kappa shape index (κ1) is 16.0. The molecular formula is C17H26BrNO. The average molecular weight is 340 g/mol. The van der Waals surface area contributed by atoms with Crippen molar-refractivity contribution in [2.24, 2.45) is 5.92 Å². The molecule has 3 heteroatoms. The summed E-state index contributed by atoms with van der Waals surface area (Å²) in [5.74, 6) is 0.713. The maximum Gasteiger partial charge on any atom is 0.0466 e. The Bertz CT molecular complexity index is 392. The molecule has 0 aromatic heterocycles. The third kappa shape index (κ3) is 6.38. The van der Waals surface area contributed by atoms with E-state index in [1.54, 1.807) is 0 Å². The molecule has 0 bridgehead atoms. The minimum Gasteiger partial charge on any atom is -0.382 e. The average Bonchev–Trinajstić information content (AvgIpc) is 3.25. The minimum atomic E-state index is 0.713. The Kier molecular flexibility index (Phi) is 7.05. The zero-order valence-corrected chi connectivity index (χ0v) is 14.0. The predicted octanol–water partition coefficient (Wildman–Crippen LogP) is 4.18. The van der Waals surface area contributed by atoms with Crippen molar-refractivity contribution in [3.8, 4) is 0 Å². The van der Waals surface area contributed by atoms with Crippen LogP contribution in [-0.4, -0.2) is 25.8 Å². The normalized spacial score (nSPS) is 16.3. The number of hydrogen-bond acceptors (Lipinski definition) is 2. The van der Waals surface area contributed by atoms with Gasteiger partial charge < -0.3 is 10.1 Å². The Labute approximate surface area is 131 Å². The molecule has 1 aromatic rings. The Morgan fingerprint density at radius 3 is 2.95 bits per heavy atom. The fourth-order valence-corrected chi connectivity index (χ4v) is 2.96. The molecule has 0 radical (unpaired) electrons. The second-order valence-electron chi connectivity index (χ2n) is 5.72. The van der Waals surface area contributed by atoms with Crippen molar-refractivity contribution in [3.05, 3.63) is 34.3 Å². The van der Waals surface area contributed by atoms with Crippen molar-refractivity contribution in [1.82, 2.24) is 5.32 Å². The van der Waals surface area contributed by atoms with Crippen molar-refractivity contribution >= 4 is 15.9 Å². The number of nitrogens with one attached hydrogen (secondary N) is 1. The summed E-state index contributed by atoms with van der Waals surface area (Å²) < 4.78 is 6.64. The van der Waals surface area contributed by atoms with E-state index in [0.29, 0.717) is 5.92 Å². The molecule has 1 aromatic carbocycles. The van der Waals surface area contributed by atoms with E-state index in [2.05, 4.69) is 52.4 Å². The summed E-state index contributed by atoms with van der Waals surface area (Å²) in [6.45, 7) is 4.93. The van der Waals surface area contributed by atoms with Crippen LogP contribution in [0, 0.1) is 5.92 Å². The van der Waals surface area contributed by atoms with Gasteiger partial charge in [-0.25, -0.2) is 0 Å². The van der Waals surface area contributed by atoms with E-state index in [4.69, 9.17) is 4.74 Å². The van der Waals surface area contributed by atoms with Gasteiger partial charge in [0.2, 0.25) is 0 Å². The highest BCUT2D eigenvalue weighted by Gasteiger charge is 2.21. The SMILES string of the molecule is CCOCCCC(CNC1CC1)Cc1cccc(Br)c1. The van der Waals surface area contributed by atoms with Gasteiger partial charge in [-0.1, -0.05) is 28.1 Å². The Balaban J connectivity index is 1.80. The molecule has 1 fully saturated rings. The predicted molar refractivity (Wildman–Crippen MR) is 88.1 cm³/mol. The van der Waals surface area contributed by atoms with Crippen LogP contribution >= 0.6 is 15.9 Å². The summed E-state index contributed by atoms with van der Waals surface area (Å²) in [4.78, 5) is 0. The van der Waals surface area contributed by atoms with Gasteiger partial charge in [-0.15, -0.1) is 0 Å². The summed E-state index contributed by atoms with van der Waals surface area (Å²) in [5, 5.41) is 3.68. The van der Waals surface area contributed by atoms with E-state index in [0.717, 1.165) is 32.2 Å². The molecule has 1 saturated carbocycles. The van der Waals surface area contributed by atoms with E-state index < -0.39 is 0 Å². The molecule has 1 unspecified atom stereocenters. The second-order valence-corrected chi connectivity index (χ2v) is 6.64. The highest BCUT2D eigenvalue weighted by atomic mass is 79.9. The number of rotatable bonds is 10. The van der Waals surface area contributed by atoms with Gasteiger partial charge in [-0.05, 0) is 69.2 Å². The van der Waals surface area contributed by atoms with Gasteiger partial charge in [0.15, 0.2) is 0 Å². The molecule has 1 N–H and O–H groups in total. The van der Waals surface area contributed by atoms with Gasteiger partial charge in [-0.2, -0.15) is 0 Å². The lowest BCUT2D eigenvalue weighted by molar-refractivity contribution is 0.139. The number of ether oxygens (including phenoxy) is 1. The first-order valence-electron chi connectivity index (χ1n) is 7.83. The Morgan fingerprint density at radius 1 is 1.40 bits per heavy atom. The van der Waals surface area contributed by atoms with Crippen LogP contribution in [-0.2, 0) is 11.2 Å². The van der Waals surface area contributed by atoms with E-state index in [9.17, 15) is 0 Å². The topological polar surface area (TPSA) is 21.3 Å². The van der Waals surface area contributed by atoms with Crippen LogP contribution in [0.25, 0.3) is 0 Å². The summed E-state index contributed by atoms with van der Waals surface area (Å²) in [6, 6.07) is 9.50. The van der Waals surface area contributed by atoms with Crippen molar-refractivity contribution in [3.63, 3.8) is 0 Å². The van der Waals surface area contributed by atoms with Gasteiger partial charge >= 0.3 is 0 Å². The fraction of sp³-hybridized carbons (Fsp3) is 0.647. The maximum atomic E-state index is 5.46. The van der Waals surface area contributed by atoms with Crippen LogP contribution in [0.2, 0.25) is 0 Å². The van der Waals surface area contributed by atoms with E-state index in [1.165, 1.54) is 35.7 Å². The monoisotopic (exact) mass is 339 g/mol. The van der Waals surface area contributed by atoms with Gasteiger partial charge in [-0.3, -0.25) is 0 Å². The van der Waals surface area contributed by atoms with Crippen molar-refractivity contribution in [2.45, 2.75) is 45.1 Å². The van der Waals surface area contributed by atoms with Gasteiger partial charge in [0.1, 0.15) is 0 Å². The van der Waals surface area contributed by atoms with E-state index in [1.807, 2.05) is 0 Å². The molecule has 0 amide bonds. The molecule has 1 aliphatic carbocycles. The summed E-state index contributed by atoms with van der Waals surface area (Å²) in [5.41, 5.74) is 1.43. The molecule has 0 aliphatic heterocycles. The highest BCUT2D eigenvalue weighted by molar-refractivity contribution is 9.10. The molecule has 0 heterocycles.